The number of rotatable bonds is 4. The molecule has 0 aliphatic carbocycles. The third kappa shape index (κ3) is 3.68. The van der Waals surface area contributed by atoms with Crippen LogP contribution in [0.5, 0.6) is 0 Å². The first-order valence-corrected chi connectivity index (χ1v) is 10.2. The van der Waals surface area contributed by atoms with Crippen LogP contribution in [0.3, 0.4) is 0 Å². The summed E-state index contributed by atoms with van der Waals surface area (Å²) in [5, 5.41) is 0. The Morgan fingerprint density at radius 2 is 1.64 bits per heavy atom. The molecule has 4 heteroatoms. The fourth-order valence-corrected chi connectivity index (χ4v) is 4.12. The van der Waals surface area contributed by atoms with Crippen molar-refractivity contribution in [1.29, 1.82) is 0 Å². The lowest BCUT2D eigenvalue weighted by molar-refractivity contribution is -0.119. The summed E-state index contributed by atoms with van der Waals surface area (Å²) in [5.41, 5.74) is 5.21. The molecule has 0 radical (unpaired) electrons. The van der Waals surface area contributed by atoms with Crippen molar-refractivity contribution in [2.75, 3.05) is 9.80 Å². The minimum Gasteiger partial charge on any atom is -0.309 e. The smallest absolute Gasteiger partial charge is 0.227 e. The molecule has 0 unspecified atom stereocenters. The van der Waals surface area contributed by atoms with Gasteiger partial charge in [-0.1, -0.05) is 49.2 Å². The van der Waals surface area contributed by atoms with Crippen LogP contribution < -0.4 is 9.80 Å². The van der Waals surface area contributed by atoms with Gasteiger partial charge in [0, 0.05) is 30.3 Å². The van der Waals surface area contributed by atoms with E-state index in [2.05, 4.69) is 19.9 Å². The quantitative estimate of drug-likeness (QED) is 0.722. The molecule has 0 N–H and O–H groups in total. The number of aryl methyl sites for hydroxylation is 2. The zero-order valence-electron chi connectivity index (χ0n) is 17.5. The molecule has 0 bridgehead atoms. The summed E-state index contributed by atoms with van der Waals surface area (Å²) in [6, 6.07) is 14.3. The first-order chi connectivity index (χ1) is 13.4. The molecule has 0 saturated carbocycles. The third-order valence-corrected chi connectivity index (χ3v) is 5.57. The zero-order chi connectivity index (χ0) is 20.4. The van der Waals surface area contributed by atoms with Crippen LogP contribution in [0.15, 0.2) is 42.5 Å². The molecule has 28 heavy (non-hydrogen) atoms. The van der Waals surface area contributed by atoms with E-state index in [0.717, 1.165) is 28.9 Å². The van der Waals surface area contributed by atoms with E-state index in [1.165, 1.54) is 5.56 Å². The largest absolute Gasteiger partial charge is 0.309 e. The van der Waals surface area contributed by atoms with E-state index >= 15 is 0 Å². The van der Waals surface area contributed by atoms with E-state index in [-0.39, 0.29) is 23.9 Å². The topological polar surface area (TPSA) is 40.6 Å². The Morgan fingerprint density at radius 1 is 1.00 bits per heavy atom. The average molecular weight is 379 g/mol. The van der Waals surface area contributed by atoms with Crippen LogP contribution in [-0.2, 0) is 9.59 Å². The predicted molar refractivity (Wildman–Crippen MR) is 115 cm³/mol. The Hall–Kier alpha value is -2.62. The Balaban J connectivity index is 2.15. The molecule has 2 amide bonds. The molecule has 1 aliphatic rings. The normalized spacial score (nSPS) is 18.5. The molecule has 0 fully saturated rings. The number of fused-ring (bicyclic) bond motifs is 1. The highest BCUT2D eigenvalue weighted by Gasteiger charge is 2.37. The van der Waals surface area contributed by atoms with Crippen LogP contribution in [0.25, 0.3) is 0 Å². The van der Waals surface area contributed by atoms with Crippen molar-refractivity contribution in [3.63, 3.8) is 0 Å². The Labute approximate surface area is 168 Å². The highest BCUT2D eigenvalue weighted by Crippen LogP contribution is 2.43. The fourth-order valence-electron chi connectivity index (χ4n) is 4.12. The molecule has 2 aromatic carbocycles. The lowest BCUT2D eigenvalue weighted by atomic mass is 9.88. The second kappa shape index (κ2) is 8.17. The number of carbonyl (C=O) groups is 2. The minimum atomic E-state index is -0.0824. The van der Waals surface area contributed by atoms with Gasteiger partial charge in [-0.2, -0.15) is 0 Å². The van der Waals surface area contributed by atoms with E-state index in [4.69, 9.17) is 0 Å². The summed E-state index contributed by atoms with van der Waals surface area (Å²) in [7, 11) is 0. The maximum absolute atomic E-state index is 13.0. The number of amides is 2. The Bertz CT molecular complexity index is 873. The number of benzene rings is 2. The number of hydrogen-bond acceptors (Lipinski definition) is 2. The number of anilines is 2. The van der Waals surface area contributed by atoms with E-state index in [9.17, 15) is 9.59 Å². The fraction of sp³-hybridized carbons (Fsp3) is 0.417. The van der Waals surface area contributed by atoms with E-state index < -0.39 is 0 Å². The van der Waals surface area contributed by atoms with Crippen molar-refractivity contribution in [2.45, 2.75) is 66.0 Å². The first kappa shape index (κ1) is 20.1. The second-order valence-electron chi connectivity index (χ2n) is 7.73. The van der Waals surface area contributed by atoms with Gasteiger partial charge >= 0.3 is 0 Å². The van der Waals surface area contributed by atoms with E-state index in [1.807, 2.05) is 67.0 Å². The van der Waals surface area contributed by atoms with Gasteiger partial charge in [0.2, 0.25) is 11.8 Å². The van der Waals surface area contributed by atoms with Crippen LogP contribution in [-0.4, -0.2) is 17.9 Å². The van der Waals surface area contributed by atoms with Gasteiger partial charge in [0.15, 0.2) is 0 Å². The summed E-state index contributed by atoms with van der Waals surface area (Å²) >= 11 is 0. The van der Waals surface area contributed by atoms with Gasteiger partial charge in [0.05, 0.1) is 6.04 Å². The van der Waals surface area contributed by atoms with Gasteiger partial charge in [0.1, 0.15) is 0 Å². The van der Waals surface area contributed by atoms with Gasteiger partial charge in [-0.05, 0) is 51.0 Å². The van der Waals surface area contributed by atoms with Crippen molar-refractivity contribution in [1.82, 2.24) is 0 Å². The summed E-state index contributed by atoms with van der Waals surface area (Å²) in [5.74, 6) is 0.225. The summed E-state index contributed by atoms with van der Waals surface area (Å²) in [6.07, 6.45) is 1.64. The summed E-state index contributed by atoms with van der Waals surface area (Å²) in [4.78, 5) is 29.5. The SMILES string of the molecule is CCC(=O)N(c1ccc(C)cc1)[C@@H]1C[C@H](C)N(C(=O)CC)c2ccc(C)cc21. The van der Waals surface area contributed by atoms with Gasteiger partial charge in [-0.15, -0.1) is 0 Å². The molecule has 0 aromatic heterocycles. The molecule has 3 rings (SSSR count). The van der Waals surface area contributed by atoms with Crippen molar-refractivity contribution < 1.29 is 9.59 Å². The molecular weight excluding hydrogens is 348 g/mol. The lowest BCUT2D eigenvalue weighted by Gasteiger charge is -2.43. The van der Waals surface area contributed by atoms with Crippen molar-refractivity contribution in [3.05, 3.63) is 59.2 Å². The monoisotopic (exact) mass is 378 g/mol. The Morgan fingerprint density at radius 3 is 2.25 bits per heavy atom. The molecule has 1 heterocycles. The van der Waals surface area contributed by atoms with Gasteiger partial charge < -0.3 is 9.80 Å². The molecule has 0 saturated heterocycles. The van der Waals surface area contributed by atoms with E-state index in [0.29, 0.717) is 12.8 Å². The maximum Gasteiger partial charge on any atom is 0.227 e. The van der Waals surface area contributed by atoms with Crippen LogP contribution in [0.1, 0.15) is 62.8 Å². The lowest BCUT2D eigenvalue weighted by Crippen LogP contribution is -2.47. The molecule has 1 aliphatic heterocycles. The summed E-state index contributed by atoms with van der Waals surface area (Å²) in [6.45, 7) is 9.98. The van der Waals surface area contributed by atoms with Crippen LogP contribution >= 0.6 is 0 Å². The van der Waals surface area contributed by atoms with Crippen LogP contribution in [0, 0.1) is 13.8 Å². The second-order valence-corrected chi connectivity index (χ2v) is 7.73. The first-order valence-electron chi connectivity index (χ1n) is 10.2. The summed E-state index contributed by atoms with van der Waals surface area (Å²) < 4.78 is 0. The third-order valence-electron chi connectivity index (χ3n) is 5.57. The molecule has 148 valence electrons. The van der Waals surface area contributed by atoms with Crippen molar-refractivity contribution in [3.8, 4) is 0 Å². The minimum absolute atomic E-state index is 0.0326. The predicted octanol–water partition coefficient (Wildman–Crippen LogP) is 5.32. The van der Waals surface area contributed by atoms with Gasteiger partial charge in [-0.25, -0.2) is 0 Å². The number of carbonyl (C=O) groups excluding carboxylic acids is 2. The highest BCUT2D eigenvalue weighted by atomic mass is 16.2. The van der Waals surface area contributed by atoms with E-state index in [1.54, 1.807) is 0 Å². The van der Waals surface area contributed by atoms with Gasteiger partial charge in [0.25, 0.3) is 0 Å². The average Bonchev–Trinajstić information content (AvgIpc) is 2.69. The maximum atomic E-state index is 13.0. The van der Waals surface area contributed by atoms with Crippen LogP contribution in [0.4, 0.5) is 11.4 Å². The Kier molecular flexibility index (Phi) is 5.87. The van der Waals surface area contributed by atoms with Crippen LogP contribution in [0.2, 0.25) is 0 Å². The molecule has 2 atom stereocenters. The standard InChI is InChI=1S/C24H30N2O2/c1-6-23(27)25-18(5)15-22(20-14-17(4)10-13-21(20)25)26(24(28)7-2)19-11-8-16(3)9-12-19/h8-14,18,22H,6-7,15H2,1-5H3/t18-,22+/m0/s1. The molecular formula is C24H30N2O2. The molecule has 0 spiro atoms. The molecule has 2 aromatic rings. The highest BCUT2D eigenvalue weighted by molar-refractivity contribution is 5.98. The van der Waals surface area contributed by atoms with Crippen molar-refractivity contribution in [2.24, 2.45) is 0 Å². The molecule has 4 nitrogen and oxygen atoms in total. The number of hydrogen-bond donors (Lipinski definition) is 0. The number of nitrogens with zero attached hydrogens (tertiary/aromatic N) is 2. The van der Waals surface area contributed by atoms with Gasteiger partial charge in [-0.3, -0.25) is 9.59 Å². The van der Waals surface area contributed by atoms with Crippen molar-refractivity contribution >= 4 is 23.2 Å². The zero-order valence-corrected chi connectivity index (χ0v) is 17.5.